The summed E-state index contributed by atoms with van der Waals surface area (Å²) in [5.74, 6) is -0.375. The molecule has 0 heterocycles. The number of rotatable bonds is 5. The van der Waals surface area contributed by atoms with Crippen molar-refractivity contribution in [3.8, 4) is 0 Å². The molecule has 0 fully saturated rings. The molecule has 1 unspecified atom stereocenters. The summed E-state index contributed by atoms with van der Waals surface area (Å²) in [5.41, 5.74) is 5.31. The van der Waals surface area contributed by atoms with E-state index in [0.717, 1.165) is 12.8 Å². The van der Waals surface area contributed by atoms with Crippen molar-refractivity contribution in [1.82, 2.24) is 4.90 Å². The Hall–Kier alpha value is -2.11. The number of carbonyl (C=O) groups is 1. The number of amides is 1. The summed E-state index contributed by atoms with van der Waals surface area (Å²) in [6.07, 6.45) is 1.79. The number of nitro benzene ring substituents is 1. The smallest absolute Gasteiger partial charge is 0.304 e. The second-order valence-electron chi connectivity index (χ2n) is 4.55. The van der Waals surface area contributed by atoms with E-state index in [1.807, 2.05) is 13.8 Å². The molecule has 0 saturated heterocycles. The molecule has 0 saturated carbocycles. The highest BCUT2D eigenvalue weighted by atomic mass is 16.6. The van der Waals surface area contributed by atoms with Gasteiger partial charge >= 0.3 is 5.69 Å². The molecule has 1 atom stereocenters. The Bertz CT molecular complexity index is 488. The molecule has 0 aromatic heterocycles. The second kappa shape index (κ2) is 6.17. The topological polar surface area (TPSA) is 89.5 Å². The Morgan fingerprint density at radius 3 is 2.68 bits per heavy atom. The predicted molar refractivity (Wildman–Crippen MR) is 74.0 cm³/mol. The SMILES string of the molecule is CCCC(C)N(C)C(=O)c1cccc(N)c1[N+](=O)[O-]. The first kappa shape index (κ1) is 14.9. The zero-order valence-corrected chi connectivity index (χ0v) is 11.4. The van der Waals surface area contributed by atoms with Crippen LogP contribution in [0.25, 0.3) is 0 Å². The van der Waals surface area contributed by atoms with Crippen LogP contribution in [-0.4, -0.2) is 28.8 Å². The highest BCUT2D eigenvalue weighted by Crippen LogP contribution is 2.27. The van der Waals surface area contributed by atoms with E-state index >= 15 is 0 Å². The standard InChI is InChI=1S/C13H19N3O3/c1-4-6-9(2)15(3)13(17)10-7-5-8-11(14)12(10)16(18)19/h5,7-9H,4,6,14H2,1-3H3. The average molecular weight is 265 g/mol. The van der Waals surface area contributed by atoms with Gasteiger partial charge in [0.2, 0.25) is 0 Å². The molecule has 104 valence electrons. The number of nitrogens with two attached hydrogens (primary N) is 1. The van der Waals surface area contributed by atoms with E-state index < -0.39 is 4.92 Å². The number of para-hydroxylation sites is 1. The minimum absolute atomic E-state index is 0.00685. The van der Waals surface area contributed by atoms with Crippen LogP contribution in [0.15, 0.2) is 18.2 Å². The van der Waals surface area contributed by atoms with Crippen molar-refractivity contribution in [2.45, 2.75) is 32.7 Å². The molecule has 6 heteroatoms. The van der Waals surface area contributed by atoms with Gasteiger partial charge in [0.15, 0.2) is 0 Å². The lowest BCUT2D eigenvalue weighted by Crippen LogP contribution is -2.35. The Morgan fingerprint density at radius 1 is 1.53 bits per heavy atom. The molecular weight excluding hydrogens is 246 g/mol. The maximum Gasteiger partial charge on any atom is 0.304 e. The number of hydrogen-bond acceptors (Lipinski definition) is 4. The van der Waals surface area contributed by atoms with Crippen molar-refractivity contribution in [2.75, 3.05) is 12.8 Å². The Morgan fingerprint density at radius 2 is 2.16 bits per heavy atom. The van der Waals surface area contributed by atoms with Gasteiger partial charge in [0.05, 0.1) is 4.92 Å². The van der Waals surface area contributed by atoms with Crippen LogP contribution >= 0.6 is 0 Å². The van der Waals surface area contributed by atoms with Gasteiger partial charge in [-0.25, -0.2) is 0 Å². The minimum atomic E-state index is -0.610. The lowest BCUT2D eigenvalue weighted by molar-refractivity contribution is -0.384. The molecule has 2 N–H and O–H groups in total. The fourth-order valence-corrected chi connectivity index (χ4v) is 1.94. The largest absolute Gasteiger partial charge is 0.393 e. The zero-order valence-electron chi connectivity index (χ0n) is 11.4. The third-order valence-corrected chi connectivity index (χ3v) is 3.17. The van der Waals surface area contributed by atoms with E-state index in [2.05, 4.69) is 0 Å². The van der Waals surface area contributed by atoms with Crippen LogP contribution in [0.4, 0.5) is 11.4 Å². The lowest BCUT2D eigenvalue weighted by atomic mass is 10.1. The molecule has 1 aromatic carbocycles. The lowest BCUT2D eigenvalue weighted by Gasteiger charge is -2.24. The van der Waals surface area contributed by atoms with E-state index in [1.54, 1.807) is 13.1 Å². The van der Waals surface area contributed by atoms with E-state index in [0.29, 0.717) is 0 Å². The monoisotopic (exact) mass is 265 g/mol. The van der Waals surface area contributed by atoms with Crippen molar-refractivity contribution < 1.29 is 9.72 Å². The van der Waals surface area contributed by atoms with Gasteiger partial charge in [0.1, 0.15) is 11.3 Å². The maximum absolute atomic E-state index is 12.3. The summed E-state index contributed by atoms with van der Waals surface area (Å²) in [6.45, 7) is 3.94. The molecule has 0 radical (unpaired) electrons. The number of nitrogen functional groups attached to an aromatic ring is 1. The summed E-state index contributed by atoms with van der Waals surface area (Å²) in [5, 5.41) is 11.0. The van der Waals surface area contributed by atoms with Gasteiger partial charge in [-0.1, -0.05) is 19.4 Å². The van der Waals surface area contributed by atoms with Crippen molar-refractivity contribution in [1.29, 1.82) is 0 Å². The quantitative estimate of drug-likeness (QED) is 0.503. The maximum atomic E-state index is 12.3. The molecule has 1 amide bonds. The number of nitrogens with zero attached hydrogens (tertiary/aromatic N) is 2. The van der Waals surface area contributed by atoms with Gasteiger partial charge in [0.25, 0.3) is 5.91 Å². The highest BCUT2D eigenvalue weighted by Gasteiger charge is 2.26. The van der Waals surface area contributed by atoms with Crippen LogP contribution in [0.1, 0.15) is 37.0 Å². The van der Waals surface area contributed by atoms with Gasteiger partial charge in [-0.2, -0.15) is 0 Å². The van der Waals surface area contributed by atoms with Crippen molar-refractivity contribution >= 4 is 17.3 Å². The predicted octanol–water partition coefficient (Wildman–Crippen LogP) is 2.44. The number of nitro groups is 1. The molecule has 19 heavy (non-hydrogen) atoms. The molecule has 6 nitrogen and oxygen atoms in total. The third kappa shape index (κ3) is 3.21. The fraction of sp³-hybridized carbons (Fsp3) is 0.462. The first-order chi connectivity index (χ1) is 8.90. The van der Waals surface area contributed by atoms with E-state index in [-0.39, 0.29) is 28.9 Å². The molecule has 1 aromatic rings. The van der Waals surface area contributed by atoms with Gasteiger partial charge in [-0.15, -0.1) is 0 Å². The van der Waals surface area contributed by atoms with E-state index in [9.17, 15) is 14.9 Å². The van der Waals surface area contributed by atoms with Crippen molar-refractivity contribution in [3.63, 3.8) is 0 Å². The third-order valence-electron chi connectivity index (χ3n) is 3.17. The number of anilines is 1. The number of benzene rings is 1. The Labute approximate surface area is 112 Å². The minimum Gasteiger partial charge on any atom is -0.393 e. The molecule has 0 aliphatic rings. The second-order valence-corrected chi connectivity index (χ2v) is 4.55. The van der Waals surface area contributed by atoms with Crippen LogP contribution in [0.5, 0.6) is 0 Å². The zero-order chi connectivity index (χ0) is 14.6. The van der Waals surface area contributed by atoms with E-state index in [1.165, 1.54) is 17.0 Å². The van der Waals surface area contributed by atoms with Gasteiger partial charge in [0, 0.05) is 13.1 Å². The van der Waals surface area contributed by atoms with Crippen LogP contribution in [0.3, 0.4) is 0 Å². The summed E-state index contributed by atoms with van der Waals surface area (Å²) in [6, 6.07) is 4.43. The normalized spacial score (nSPS) is 11.9. The Balaban J connectivity index is 3.13. The van der Waals surface area contributed by atoms with Crippen LogP contribution in [0.2, 0.25) is 0 Å². The van der Waals surface area contributed by atoms with Gasteiger partial charge in [-0.05, 0) is 25.5 Å². The van der Waals surface area contributed by atoms with Crippen molar-refractivity contribution in [2.24, 2.45) is 0 Å². The van der Waals surface area contributed by atoms with Crippen LogP contribution in [0, 0.1) is 10.1 Å². The van der Waals surface area contributed by atoms with Crippen LogP contribution in [-0.2, 0) is 0 Å². The Kier molecular flexibility index (Phi) is 4.86. The molecule has 1 rings (SSSR count). The van der Waals surface area contributed by atoms with Crippen molar-refractivity contribution in [3.05, 3.63) is 33.9 Å². The summed E-state index contributed by atoms with van der Waals surface area (Å²) < 4.78 is 0. The fourth-order valence-electron chi connectivity index (χ4n) is 1.94. The van der Waals surface area contributed by atoms with Gasteiger partial charge in [-0.3, -0.25) is 14.9 Å². The van der Waals surface area contributed by atoms with Crippen LogP contribution < -0.4 is 5.73 Å². The highest BCUT2D eigenvalue weighted by molar-refractivity contribution is 6.00. The molecule has 0 bridgehead atoms. The first-order valence-electron chi connectivity index (χ1n) is 6.20. The molecule has 0 aliphatic heterocycles. The molecule has 0 aliphatic carbocycles. The van der Waals surface area contributed by atoms with Gasteiger partial charge < -0.3 is 10.6 Å². The summed E-state index contributed by atoms with van der Waals surface area (Å²) in [7, 11) is 1.65. The van der Waals surface area contributed by atoms with E-state index in [4.69, 9.17) is 5.73 Å². The summed E-state index contributed by atoms with van der Waals surface area (Å²) >= 11 is 0. The molecule has 0 spiro atoms. The molecular formula is C13H19N3O3. The number of hydrogen-bond donors (Lipinski definition) is 1. The summed E-state index contributed by atoms with van der Waals surface area (Å²) in [4.78, 5) is 24.2. The first-order valence-corrected chi connectivity index (χ1v) is 6.20. The number of carbonyl (C=O) groups excluding carboxylic acids is 1. The average Bonchev–Trinajstić information content (AvgIpc) is 2.36.